The Bertz CT molecular complexity index is 587. The SMILES string of the molecule is O[C@H]1CCCC[C@@H]1Nc1ccnc2ccc(Br)cc12. The molecule has 2 N–H and O–H groups in total. The topological polar surface area (TPSA) is 45.1 Å². The van der Waals surface area contributed by atoms with E-state index in [1.54, 1.807) is 0 Å². The van der Waals surface area contributed by atoms with Crippen LogP contribution in [0.3, 0.4) is 0 Å². The molecule has 1 fully saturated rings. The van der Waals surface area contributed by atoms with Crippen molar-refractivity contribution >= 4 is 32.5 Å². The van der Waals surface area contributed by atoms with E-state index >= 15 is 0 Å². The van der Waals surface area contributed by atoms with Gasteiger partial charge in [0.25, 0.3) is 0 Å². The largest absolute Gasteiger partial charge is 0.391 e. The molecule has 1 heterocycles. The predicted octanol–water partition coefficient (Wildman–Crippen LogP) is 3.71. The molecule has 1 aromatic carbocycles. The second-order valence-electron chi connectivity index (χ2n) is 5.12. The van der Waals surface area contributed by atoms with Gasteiger partial charge in [-0.3, -0.25) is 4.98 Å². The maximum atomic E-state index is 10.1. The fourth-order valence-corrected chi connectivity index (χ4v) is 3.08. The zero-order valence-electron chi connectivity index (χ0n) is 10.6. The number of halogens is 1. The normalized spacial score (nSPS) is 23.5. The van der Waals surface area contributed by atoms with Gasteiger partial charge < -0.3 is 10.4 Å². The Balaban J connectivity index is 1.93. The number of anilines is 1. The van der Waals surface area contributed by atoms with Gasteiger partial charge in [-0.05, 0) is 37.1 Å². The monoisotopic (exact) mass is 320 g/mol. The molecule has 0 spiro atoms. The van der Waals surface area contributed by atoms with Crippen LogP contribution in [0.4, 0.5) is 5.69 Å². The van der Waals surface area contributed by atoms with Crippen molar-refractivity contribution in [3.63, 3.8) is 0 Å². The summed E-state index contributed by atoms with van der Waals surface area (Å²) in [5.74, 6) is 0. The number of nitrogens with zero attached hydrogens (tertiary/aromatic N) is 1. The lowest BCUT2D eigenvalue weighted by atomic mass is 9.92. The number of hydrogen-bond acceptors (Lipinski definition) is 3. The molecule has 2 aromatic rings. The van der Waals surface area contributed by atoms with E-state index in [1.807, 2.05) is 24.4 Å². The molecule has 19 heavy (non-hydrogen) atoms. The highest BCUT2D eigenvalue weighted by atomic mass is 79.9. The van der Waals surface area contributed by atoms with Crippen molar-refractivity contribution in [3.05, 3.63) is 34.9 Å². The van der Waals surface area contributed by atoms with Gasteiger partial charge in [-0.1, -0.05) is 28.8 Å². The summed E-state index contributed by atoms with van der Waals surface area (Å²) in [6, 6.07) is 8.20. The summed E-state index contributed by atoms with van der Waals surface area (Å²) >= 11 is 3.50. The average molecular weight is 321 g/mol. The first-order valence-electron chi connectivity index (χ1n) is 6.73. The molecular weight excluding hydrogens is 304 g/mol. The van der Waals surface area contributed by atoms with E-state index in [4.69, 9.17) is 0 Å². The minimum atomic E-state index is -0.246. The Hall–Kier alpha value is -1.13. The third kappa shape index (κ3) is 2.74. The van der Waals surface area contributed by atoms with Crippen LogP contribution in [0.15, 0.2) is 34.9 Å². The van der Waals surface area contributed by atoms with Crippen molar-refractivity contribution in [2.75, 3.05) is 5.32 Å². The van der Waals surface area contributed by atoms with Crippen LogP contribution in [-0.4, -0.2) is 22.2 Å². The maximum Gasteiger partial charge on any atom is 0.0741 e. The molecule has 0 radical (unpaired) electrons. The molecule has 0 amide bonds. The first kappa shape index (κ1) is 12.9. The van der Waals surface area contributed by atoms with Gasteiger partial charge in [0.2, 0.25) is 0 Å². The van der Waals surface area contributed by atoms with Crippen LogP contribution >= 0.6 is 15.9 Å². The van der Waals surface area contributed by atoms with Crippen molar-refractivity contribution in [2.24, 2.45) is 0 Å². The van der Waals surface area contributed by atoms with Crippen molar-refractivity contribution in [2.45, 2.75) is 37.8 Å². The summed E-state index contributed by atoms with van der Waals surface area (Å²) in [6.07, 6.45) is 5.80. The average Bonchev–Trinajstić information content (AvgIpc) is 2.42. The summed E-state index contributed by atoms with van der Waals surface area (Å²) in [5.41, 5.74) is 2.02. The van der Waals surface area contributed by atoms with Crippen LogP contribution in [0.1, 0.15) is 25.7 Å². The molecular formula is C15H17BrN2O. The highest BCUT2D eigenvalue weighted by Gasteiger charge is 2.23. The predicted molar refractivity (Wildman–Crippen MR) is 81.3 cm³/mol. The van der Waals surface area contributed by atoms with Crippen molar-refractivity contribution in [1.82, 2.24) is 4.98 Å². The fourth-order valence-electron chi connectivity index (χ4n) is 2.72. The standard InChI is InChI=1S/C15H17BrN2O/c16-10-5-6-12-11(9-10)13(7-8-17-12)18-14-3-1-2-4-15(14)19/h5-9,14-15,19H,1-4H2,(H,17,18)/t14-,15-/m0/s1. The van der Waals surface area contributed by atoms with E-state index in [2.05, 4.69) is 32.3 Å². The van der Waals surface area contributed by atoms with Crippen LogP contribution in [0.2, 0.25) is 0 Å². The molecule has 100 valence electrons. The molecule has 1 aliphatic rings. The maximum absolute atomic E-state index is 10.1. The van der Waals surface area contributed by atoms with E-state index in [-0.39, 0.29) is 12.1 Å². The zero-order chi connectivity index (χ0) is 13.2. The third-order valence-electron chi connectivity index (χ3n) is 3.77. The first-order chi connectivity index (χ1) is 9.24. The Kier molecular flexibility index (Phi) is 3.71. The molecule has 0 saturated heterocycles. The number of fused-ring (bicyclic) bond motifs is 1. The summed E-state index contributed by atoms with van der Waals surface area (Å²) < 4.78 is 1.04. The number of hydrogen-bond donors (Lipinski definition) is 2. The molecule has 0 bridgehead atoms. The summed E-state index contributed by atoms with van der Waals surface area (Å²) in [7, 11) is 0. The highest BCUT2D eigenvalue weighted by molar-refractivity contribution is 9.10. The summed E-state index contributed by atoms with van der Waals surface area (Å²) in [6.45, 7) is 0. The minimum Gasteiger partial charge on any atom is -0.391 e. The van der Waals surface area contributed by atoms with E-state index in [1.165, 1.54) is 6.42 Å². The van der Waals surface area contributed by atoms with Crippen molar-refractivity contribution < 1.29 is 5.11 Å². The number of aromatic nitrogens is 1. The molecule has 0 aliphatic heterocycles. The quantitative estimate of drug-likeness (QED) is 0.886. The van der Waals surface area contributed by atoms with Crippen LogP contribution in [0.5, 0.6) is 0 Å². The number of aliphatic hydroxyl groups is 1. The molecule has 1 aromatic heterocycles. The highest BCUT2D eigenvalue weighted by Crippen LogP contribution is 2.28. The molecule has 0 unspecified atom stereocenters. The molecule has 1 aliphatic carbocycles. The van der Waals surface area contributed by atoms with E-state index < -0.39 is 0 Å². The second-order valence-corrected chi connectivity index (χ2v) is 6.04. The summed E-state index contributed by atoms with van der Waals surface area (Å²) in [5, 5.41) is 14.7. The lowest BCUT2D eigenvalue weighted by molar-refractivity contribution is 0.116. The minimum absolute atomic E-state index is 0.151. The number of aliphatic hydroxyl groups excluding tert-OH is 1. The van der Waals surface area contributed by atoms with Crippen molar-refractivity contribution in [3.8, 4) is 0 Å². The zero-order valence-corrected chi connectivity index (χ0v) is 12.2. The molecule has 1 saturated carbocycles. The van der Waals surface area contributed by atoms with Gasteiger partial charge in [0, 0.05) is 21.7 Å². The molecule has 4 heteroatoms. The van der Waals surface area contributed by atoms with Gasteiger partial charge in [-0.2, -0.15) is 0 Å². The lowest BCUT2D eigenvalue weighted by Crippen LogP contribution is -2.36. The molecule has 2 atom stereocenters. The number of nitrogens with one attached hydrogen (secondary N) is 1. The molecule has 3 nitrogen and oxygen atoms in total. The van der Waals surface area contributed by atoms with Gasteiger partial charge in [0.15, 0.2) is 0 Å². The fraction of sp³-hybridized carbons (Fsp3) is 0.400. The number of rotatable bonds is 2. The van der Waals surface area contributed by atoms with Gasteiger partial charge in [-0.15, -0.1) is 0 Å². The van der Waals surface area contributed by atoms with Crippen LogP contribution < -0.4 is 5.32 Å². The van der Waals surface area contributed by atoms with Crippen LogP contribution in [0.25, 0.3) is 10.9 Å². The Morgan fingerprint density at radius 1 is 1.21 bits per heavy atom. The van der Waals surface area contributed by atoms with Crippen LogP contribution in [-0.2, 0) is 0 Å². The third-order valence-corrected chi connectivity index (χ3v) is 4.27. The van der Waals surface area contributed by atoms with Crippen LogP contribution in [0, 0.1) is 0 Å². The first-order valence-corrected chi connectivity index (χ1v) is 7.52. The van der Waals surface area contributed by atoms with Crippen molar-refractivity contribution in [1.29, 1.82) is 0 Å². The van der Waals surface area contributed by atoms with Gasteiger partial charge in [-0.25, -0.2) is 0 Å². The smallest absolute Gasteiger partial charge is 0.0741 e. The second kappa shape index (κ2) is 5.47. The summed E-state index contributed by atoms with van der Waals surface area (Å²) in [4.78, 5) is 4.37. The van der Waals surface area contributed by atoms with Gasteiger partial charge in [0.1, 0.15) is 0 Å². The Morgan fingerprint density at radius 2 is 2.05 bits per heavy atom. The van der Waals surface area contributed by atoms with Gasteiger partial charge >= 0.3 is 0 Å². The lowest BCUT2D eigenvalue weighted by Gasteiger charge is -2.29. The van der Waals surface area contributed by atoms with E-state index in [9.17, 15) is 5.11 Å². The Labute approximate surface area is 121 Å². The van der Waals surface area contributed by atoms with Gasteiger partial charge in [0.05, 0.1) is 17.7 Å². The number of benzene rings is 1. The molecule has 3 rings (SSSR count). The number of pyridine rings is 1. The van der Waals surface area contributed by atoms with E-state index in [0.717, 1.165) is 40.3 Å². The van der Waals surface area contributed by atoms with E-state index in [0.29, 0.717) is 0 Å². The Morgan fingerprint density at radius 3 is 2.89 bits per heavy atom.